The first-order chi connectivity index (χ1) is 16.9. The maximum absolute atomic E-state index is 14.7. The lowest BCUT2D eigenvalue weighted by Crippen LogP contribution is -2.44. The highest BCUT2D eigenvalue weighted by atomic mass is 19.1. The second kappa shape index (κ2) is 9.20. The number of rotatable bonds is 5. The normalized spacial score (nSPS) is 22.3. The molecule has 1 saturated carbocycles. The van der Waals surface area contributed by atoms with Crippen molar-refractivity contribution in [2.45, 2.75) is 37.8 Å². The first kappa shape index (κ1) is 23.1. The molecule has 0 amide bonds. The van der Waals surface area contributed by atoms with Gasteiger partial charge in [-0.05, 0) is 48.4 Å². The van der Waals surface area contributed by atoms with Crippen LogP contribution in [-0.4, -0.2) is 43.9 Å². The Morgan fingerprint density at radius 2 is 1.91 bits per heavy atom. The van der Waals surface area contributed by atoms with E-state index >= 15 is 0 Å². The van der Waals surface area contributed by atoms with E-state index in [1.54, 1.807) is 30.7 Å². The maximum atomic E-state index is 14.7. The molecule has 4 atom stereocenters. The van der Waals surface area contributed by atoms with Crippen molar-refractivity contribution in [1.82, 2.24) is 19.6 Å². The summed E-state index contributed by atoms with van der Waals surface area (Å²) in [6.07, 6.45) is 5.94. The summed E-state index contributed by atoms with van der Waals surface area (Å²) in [5.74, 6) is -0.894. The Morgan fingerprint density at radius 3 is 2.63 bits per heavy atom. The van der Waals surface area contributed by atoms with Crippen molar-refractivity contribution in [2.75, 3.05) is 12.4 Å². The second-order valence-electron chi connectivity index (χ2n) is 8.99. The van der Waals surface area contributed by atoms with Gasteiger partial charge in [-0.15, -0.1) is 0 Å². The molecule has 0 bridgehead atoms. The summed E-state index contributed by atoms with van der Waals surface area (Å²) in [6, 6.07) is 7.09. The van der Waals surface area contributed by atoms with Crippen LogP contribution in [0.2, 0.25) is 0 Å². The number of nitrogens with two attached hydrogens (primary N) is 1. The van der Waals surface area contributed by atoms with E-state index in [0.717, 1.165) is 29.8 Å². The summed E-state index contributed by atoms with van der Waals surface area (Å²) in [5.41, 5.74) is 8.44. The van der Waals surface area contributed by atoms with Crippen molar-refractivity contribution in [3.63, 3.8) is 0 Å². The molecule has 0 unspecified atom stereocenters. The predicted molar refractivity (Wildman–Crippen MR) is 128 cm³/mol. The van der Waals surface area contributed by atoms with Crippen LogP contribution in [0.15, 0.2) is 48.9 Å². The van der Waals surface area contributed by atoms with Gasteiger partial charge in [0.2, 0.25) is 5.95 Å². The number of ether oxygens (including phenoxy) is 1. The van der Waals surface area contributed by atoms with Crippen LogP contribution in [0.25, 0.3) is 16.8 Å². The van der Waals surface area contributed by atoms with Crippen molar-refractivity contribution in [3.05, 3.63) is 66.1 Å². The molecule has 1 aliphatic rings. The molecule has 1 aromatic carbocycles. The number of aromatic nitrogens is 4. The Labute approximate surface area is 200 Å². The molecule has 0 spiro atoms. The Kier molecular flexibility index (Phi) is 6.08. The fourth-order valence-corrected chi connectivity index (χ4v) is 4.83. The van der Waals surface area contributed by atoms with E-state index in [9.17, 15) is 13.9 Å². The number of hydrogen-bond donors (Lipinski definition) is 3. The average Bonchev–Trinajstić information content (AvgIpc) is 3.24. The number of imidazole rings is 1. The summed E-state index contributed by atoms with van der Waals surface area (Å²) in [6.45, 7) is 2.00. The molecular weight excluding hydrogens is 454 g/mol. The van der Waals surface area contributed by atoms with Crippen molar-refractivity contribution in [1.29, 1.82) is 0 Å². The lowest BCUT2D eigenvalue weighted by atomic mass is 9.74. The monoisotopic (exact) mass is 480 g/mol. The van der Waals surface area contributed by atoms with Gasteiger partial charge in [0.15, 0.2) is 0 Å². The standard InChI is InChI=1S/C25H26F2N6O2/c1-13-7-14(8-20(28)24(13)34)17-5-6-29-12-22(17)31-25-30-11-15-3-4-21(32-33(15)25)23-18(26)9-16(35-2)10-19(23)27/h3-6,9-14,20,24,34H,7-8,28H2,1-2H3,(H,30,31)/t13-,14+,20+,24+/m0/s1. The number of nitrogens with zero attached hydrogens (tertiary/aromatic N) is 4. The molecule has 1 fully saturated rings. The van der Waals surface area contributed by atoms with E-state index in [4.69, 9.17) is 10.5 Å². The van der Waals surface area contributed by atoms with Gasteiger partial charge in [-0.1, -0.05) is 6.92 Å². The number of halogens is 2. The molecule has 0 saturated heterocycles. The average molecular weight is 481 g/mol. The number of anilines is 2. The minimum Gasteiger partial charge on any atom is -0.497 e. The SMILES string of the molecule is COc1cc(F)c(-c2ccc3cnc(Nc4cnccc4[C@H]4C[C@@H](N)[C@H](O)[C@@H](C)C4)n3n2)c(F)c1. The van der Waals surface area contributed by atoms with Gasteiger partial charge in [-0.3, -0.25) is 4.98 Å². The first-order valence-electron chi connectivity index (χ1n) is 11.4. The van der Waals surface area contributed by atoms with Crippen LogP contribution in [0, 0.1) is 17.6 Å². The summed E-state index contributed by atoms with van der Waals surface area (Å²) in [4.78, 5) is 8.66. The Balaban J connectivity index is 1.50. The predicted octanol–water partition coefficient (Wildman–Crippen LogP) is 4.02. The molecule has 1 aliphatic carbocycles. The zero-order valence-electron chi connectivity index (χ0n) is 19.3. The van der Waals surface area contributed by atoms with Crippen LogP contribution in [0.5, 0.6) is 5.75 Å². The minimum atomic E-state index is -0.775. The zero-order valence-corrected chi connectivity index (χ0v) is 19.3. The number of nitrogens with one attached hydrogen (secondary N) is 1. The Morgan fingerprint density at radius 1 is 1.14 bits per heavy atom. The van der Waals surface area contributed by atoms with E-state index in [1.165, 1.54) is 11.6 Å². The molecule has 4 aromatic rings. The second-order valence-corrected chi connectivity index (χ2v) is 8.99. The third kappa shape index (κ3) is 4.30. The quantitative estimate of drug-likeness (QED) is 0.396. The molecule has 8 nitrogen and oxygen atoms in total. The van der Waals surface area contributed by atoms with E-state index in [-0.39, 0.29) is 34.9 Å². The van der Waals surface area contributed by atoms with E-state index in [1.807, 2.05) is 13.0 Å². The zero-order chi connectivity index (χ0) is 24.7. The van der Waals surface area contributed by atoms with Crippen LogP contribution < -0.4 is 15.8 Å². The van der Waals surface area contributed by atoms with Gasteiger partial charge in [0.05, 0.1) is 48.1 Å². The Hall–Kier alpha value is -3.63. The Bertz CT molecular complexity index is 1340. The third-order valence-corrected chi connectivity index (χ3v) is 6.67. The van der Waals surface area contributed by atoms with E-state index in [0.29, 0.717) is 17.9 Å². The number of hydrogen-bond acceptors (Lipinski definition) is 7. The van der Waals surface area contributed by atoms with Crippen LogP contribution in [0.4, 0.5) is 20.4 Å². The largest absolute Gasteiger partial charge is 0.497 e. The van der Waals surface area contributed by atoms with Gasteiger partial charge in [-0.25, -0.2) is 13.8 Å². The first-order valence-corrected chi connectivity index (χ1v) is 11.4. The molecule has 182 valence electrons. The minimum absolute atomic E-state index is 0.0653. The summed E-state index contributed by atoms with van der Waals surface area (Å²) >= 11 is 0. The van der Waals surface area contributed by atoms with Crippen molar-refractivity contribution in [3.8, 4) is 17.0 Å². The van der Waals surface area contributed by atoms with Gasteiger partial charge in [0, 0.05) is 24.4 Å². The number of fused-ring (bicyclic) bond motifs is 1. The molecule has 5 rings (SSSR count). The van der Waals surface area contributed by atoms with Crippen molar-refractivity contribution < 1.29 is 18.6 Å². The lowest BCUT2D eigenvalue weighted by Gasteiger charge is -2.36. The highest BCUT2D eigenvalue weighted by molar-refractivity contribution is 5.66. The fraction of sp³-hybridized carbons (Fsp3) is 0.320. The number of pyridine rings is 1. The topological polar surface area (TPSA) is 111 Å². The maximum Gasteiger partial charge on any atom is 0.229 e. The van der Waals surface area contributed by atoms with E-state index < -0.39 is 17.7 Å². The van der Waals surface area contributed by atoms with Crippen LogP contribution in [0.1, 0.15) is 31.2 Å². The van der Waals surface area contributed by atoms with Crippen LogP contribution in [-0.2, 0) is 0 Å². The lowest BCUT2D eigenvalue weighted by molar-refractivity contribution is 0.0521. The molecule has 0 radical (unpaired) electrons. The fourth-order valence-electron chi connectivity index (χ4n) is 4.83. The molecule has 3 aromatic heterocycles. The van der Waals surface area contributed by atoms with Crippen molar-refractivity contribution in [2.24, 2.45) is 11.7 Å². The smallest absolute Gasteiger partial charge is 0.229 e. The summed E-state index contributed by atoms with van der Waals surface area (Å²) in [5, 5.41) is 18.0. The molecular formula is C25H26F2N6O2. The molecule has 0 aliphatic heterocycles. The van der Waals surface area contributed by atoms with Gasteiger partial charge < -0.3 is 20.9 Å². The molecule has 3 heterocycles. The summed E-state index contributed by atoms with van der Waals surface area (Å²) in [7, 11) is 1.35. The van der Waals surface area contributed by atoms with Crippen molar-refractivity contribution >= 4 is 17.2 Å². The van der Waals surface area contributed by atoms with Gasteiger partial charge >= 0.3 is 0 Å². The van der Waals surface area contributed by atoms with Gasteiger partial charge in [-0.2, -0.15) is 9.61 Å². The highest BCUT2D eigenvalue weighted by Gasteiger charge is 2.34. The van der Waals surface area contributed by atoms with E-state index in [2.05, 4.69) is 20.4 Å². The molecule has 10 heteroatoms. The number of aliphatic hydroxyl groups is 1. The number of methoxy groups -OCH3 is 1. The van der Waals surface area contributed by atoms with Crippen LogP contribution in [0.3, 0.4) is 0 Å². The highest BCUT2D eigenvalue weighted by Crippen LogP contribution is 2.39. The van der Waals surface area contributed by atoms with Gasteiger partial charge in [0.25, 0.3) is 0 Å². The van der Waals surface area contributed by atoms with Crippen LogP contribution >= 0.6 is 0 Å². The number of benzene rings is 1. The number of aliphatic hydroxyl groups excluding tert-OH is 1. The molecule has 35 heavy (non-hydrogen) atoms. The molecule has 4 N–H and O–H groups in total. The van der Waals surface area contributed by atoms with Gasteiger partial charge in [0.1, 0.15) is 17.4 Å². The third-order valence-electron chi connectivity index (χ3n) is 6.67. The summed E-state index contributed by atoms with van der Waals surface area (Å²) < 4.78 is 35.8.